The lowest BCUT2D eigenvalue weighted by Gasteiger charge is -2.33. The van der Waals surface area contributed by atoms with Gasteiger partial charge < -0.3 is 15.0 Å². The fourth-order valence-electron chi connectivity index (χ4n) is 4.23. The van der Waals surface area contributed by atoms with Gasteiger partial charge in [-0.1, -0.05) is 12.1 Å². The Kier molecular flexibility index (Phi) is 7.33. The van der Waals surface area contributed by atoms with E-state index in [0.29, 0.717) is 31.1 Å². The maximum Gasteiger partial charge on any atom is 0.243 e. The number of carbonyl (C=O) groups is 1. The molecule has 0 bridgehead atoms. The van der Waals surface area contributed by atoms with Crippen LogP contribution < -0.4 is 10.2 Å². The Morgan fingerprint density at radius 2 is 1.61 bits per heavy atom. The van der Waals surface area contributed by atoms with Gasteiger partial charge in [-0.05, 0) is 55.3 Å². The minimum Gasteiger partial charge on any atom is -0.378 e. The summed E-state index contributed by atoms with van der Waals surface area (Å²) < 4.78 is 33.1. The van der Waals surface area contributed by atoms with E-state index >= 15 is 0 Å². The van der Waals surface area contributed by atoms with E-state index in [-0.39, 0.29) is 12.5 Å². The summed E-state index contributed by atoms with van der Waals surface area (Å²) in [6.07, 6.45) is 0. The number of aryl methyl sites for hydroxylation is 2. The van der Waals surface area contributed by atoms with Gasteiger partial charge in [0.15, 0.2) is 0 Å². The Balaban J connectivity index is 1.28. The number of amides is 1. The molecule has 8 nitrogen and oxygen atoms in total. The minimum absolute atomic E-state index is 0.0973. The molecule has 2 aliphatic heterocycles. The van der Waals surface area contributed by atoms with Gasteiger partial charge in [0, 0.05) is 50.6 Å². The summed E-state index contributed by atoms with van der Waals surface area (Å²) >= 11 is 0. The first-order chi connectivity index (χ1) is 15.8. The van der Waals surface area contributed by atoms with E-state index in [4.69, 9.17) is 4.74 Å². The van der Waals surface area contributed by atoms with Crippen LogP contribution in [0.1, 0.15) is 11.1 Å². The summed E-state index contributed by atoms with van der Waals surface area (Å²) in [6.45, 7) is 8.95. The van der Waals surface area contributed by atoms with Gasteiger partial charge >= 0.3 is 0 Å². The molecule has 0 spiro atoms. The molecule has 4 rings (SSSR count). The predicted molar refractivity (Wildman–Crippen MR) is 129 cm³/mol. The Bertz CT molecular complexity index is 1070. The van der Waals surface area contributed by atoms with Crippen molar-refractivity contribution in [2.24, 2.45) is 0 Å². The van der Waals surface area contributed by atoms with Gasteiger partial charge in [-0.2, -0.15) is 4.31 Å². The van der Waals surface area contributed by atoms with Crippen molar-refractivity contribution in [3.63, 3.8) is 0 Å². The number of nitrogens with one attached hydrogen (secondary N) is 1. The third-order valence-corrected chi connectivity index (χ3v) is 8.23. The predicted octanol–water partition coefficient (Wildman–Crippen LogP) is 2.09. The fraction of sp³-hybridized carbons (Fsp3) is 0.458. The van der Waals surface area contributed by atoms with Crippen molar-refractivity contribution >= 4 is 27.3 Å². The number of piperazine rings is 1. The zero-order valence-electron chi connectivity index (χ0n) is 19.3. The highest BCUT2D eigenvalue weighted by molar-refractivity contribution is 7.89. The summed E-state index contributed by atoms with van der Waals surface area (Å²) in [5, 5.41) is 2.94. The van der Waals surface area contributed by atoms with Crippen LogP contribution in [0.25, 0.3) is 0 Å². The van der Waals surface area contributed by atoms with Crippen LogP contribution in [0.4, 0.5) is 11.4 Å². The molecule has 2 fully saturated rings. The molecule has 2 aromatic carbocycles. The minimum atomic E-state index is -3.53. The number of sulfonamides is 1. The molecule has 2 saturated heterocycles. The van der Waals surface area contributed by atoms with Crippen molar-refractivity contribution in [2.45, 2.75) is 18.7 Å². The van der Waals surface area contributed by atoms with E-state index in [0.717, 1.165) is 48.8 Å². The summed E-state index contributed by atoms with van der Waals surface area (Å²) in [4.78, 5) is 17.2. The monoisotopic (exact) mass is 472 g/mol. The maximum atomic E-state index is 13.1. The largest absolute Gasteiger partial charge is 0.378 e. The standard InChI is InChI=1S/C24H32N4O4S/c1-19-3-4-20(2)23(17-19)33(30,31)28-11-9-26(10-12-28)18-24(29)25-21-5-7-22(8-6-21)27-13-15-32-16-14-27/h3-8,17H,9-16,18H2,1-2H3,(H,25,29). The Morgan fingerprint density at radius 1 is 0.939 bits per heavy atom. The molecule has 2 aliphatic rings. The fourth-order valence-corrected chi connectivity index (χ4v) is 5.96. The number of rotatable bonds is 6. The highest BCUT2D eigenvalue weighted by atomic mass is 32.2. The third-order valence-electron chi connectivity index (χ3n) is 6.19. The number of carbonyl (C=O) groups excluding carboxylic acids is 1. The Morgan fingerprint density at radius 3 is 2.27 bits per heavy atom. The second kappa shape index (κ2) is 10.2. The number of nitrogens with zero attached hydrogens (tertiary/aromatic N) is 3. The lowest BCUT2D eigenvalue weighted by molar-refractivity contribution is -0.117. The molecule has 0 unspecified atom stereocenters. The quantitative estimate of drug-likeness (QED) is 0.693. The molecule has 178 valence electrons. The number of ether oxygens (including phenoxy) is 1. The van der Waals surface area contributed by atoms with Gasteiger partial charge in [0.1, 0.15) is 0 Å². The third kappa shape index (κ3) is 5.73. The number of hydrogen-bond donors (Lipinski definition) is 1. The van der Waals surface area contributed by atoms with Gasteiger partial charge in [0.2, 0.25) is 15.9 Å². The average Bonchev–Trinajstić information content (AvgIpc) is 2.82. The lowest BCUT2D eigenvalue weighted by atomic mass is 10.2. The van der Waals surface area contributed by atoms with Crippen LogP contribution in [-0.2, 0) is 19.6 Å². The van der Waals surface area contributed by atoms with Crippen molar-refractivity contribution in [3.8, 4) is 0 Å². The van der Waals surface area contributed by atoms with E-state index < -0.39 is 10.0 Å². The van der Waals surface area contributed by atoms with Crippen LogP contribution in [0.2, 0.25) is 0 Å². The molecule has 0 saturated carbocycles. The Hall–Kier alpha value is -2.46. The first-order valence-electron chi connectivity index (χ1n) is 11.4. The second-order valence-electron chi connectivity index (χ2n) is 8.64. The lowest BCUT2D eigenvalue weighted by Crippen LogP contribution is -2.50. The first-order valence-corrected chi connectivity index (χ1v) is 12.8. The number of morpholine rings is 1. The number of anilines is 2. The number of hydrogen-bond acceptors (Lipinski definition) is 6. The van der Waals surface area contributed by atoms with Crippen molar-refractivity contribution in [2.75, 3.05) is 69.2 Å². The Labute approximate surface area is 196 Å². The van der Waals surface area contributed by atoms with Gasteiger partial charge in [-0.25, -0.2) is 8.42 Å². The van der Waals surface area contributed by atoms with Gasteiger partial charge in [0.05, 0.1) is 24.7 Å². The molecular formula is C24H32N4O4S. The van der Waals surface area contributed by atoms with E-state index in [1.807, 2.05) is 55.1 Å². The van der Waals surface area contributed by atoms with Crippen molar-refractivity contribution in [1.29, 1.82) is 0 Å². The zero-order valence-corrected chi connectivity index (χ0v) is 20.1. The molecule has 1 N–H and O–H groups in total. The maximum absolute atomic E-state index is 13.1. The van der Waals surface area contributed by atoms with Gasteiger partial charge in [0.25, 0.3) is 0 Å². The summed E-state index contributed by atoms with van der Waals surface area (Å²) in [7, 11) is -3.53. The van der Waals surface area contributed by atoms with Crippen molar-refractivity contribution < 1.29 is 17.9 Å². The summed E-state index contributed by atoms with van der Waals surface area (Å²) in [6, 6.07) is 13.3. The van der Waals surface area contributed by atoms with Crippen LogP contribution >= 0.6 is 0 Å². The summed E-state index contributed by atoms with van der Waals surface area (Å²) in [5.74, 6) is -0.0973. The molecule has 1 amide bonds. The van der Waals surface area contributed by atoms with Gasteiger partial charge in [-0.15, -0.1) is 0 Å². The summed E-state index contributed by atoms with van der Waals surface area (Å²) in [5.41, 5.74) is 3.56. The molecular weight excluding hydrogens is 440 g/mol. The molecule has 0 aliphatic carbocycles. The van der Waals surface area contributed by atoms with Crippen LogP contribution in [-0.4, -0.2) is 82.6 Å². The normalized spacial score (nSPS) is 18.3. The van der Waals surface area contributed by atoms with E-state index in [1.165, 1.54) is 4.31 Å². The smallest absolute Gasteiger partial charge is 0.243 e. The van der Waals surface area contributed by atoms with E-state index in [2.05, 4.69) is 10.2 Å². The second-order valence-corrected chi connectivity index (χ2v) is 10.6. The van der Waals surface area contributed by atoms with E-state index in [1.54, 1.807) is 6.07 Å². The van der Waals surface area contributed by atoms with Crippen molar-refractivity contribution in [3.05, 3.63) is 53.6 Å². The van der Waals surface area contributed by atoms with Crippen molar-refractivity contribution in [1.82, 2.24) is 9.21 Å². The topological polar surface area (TPSA) is 82.2 Å². The molecule has 0 aromatic heterocycles. The molecule has 2 heterocycles. The molecule has 0 atom stereocenters. The zero-order chi connectivity index (χ0) is 23.4. The van der Waals surface area contributed by atoms with Crippen LogP contribution in [0.5, 0.6) is 0 Å². The molecule has 2 aromatic rings. The molecule has 0 radical (unpaired) electrons. The van der Waals surface area contributed by atoms with Crippen LogP contribution in [0.3, 0.4) is 0 Å². The first kappa shape index (κ1) is 23.7. The van der Waals surface area contributed by atoms with Gasteiger partial charge in [-0.3, -0.25) is 9.69 Å². The van der Waals surface area contributed by atoms with Crippen LogP contribution in [0, 0.1) is 13.8 Å². The SMILES string of the molecule is Cc1ccc(C)c(S(=O)(=O)N2CCN(CC(=O)Nc3ccc(N4CCOCC4)cc3)CC2)c1. The average molecular weight is 473 g/mol. The van der Waals surface area contributed by atoms with E-state index in [9.17, 15) is 13.2 Å². The van der Waals surface area contributed by atoms with Crippen LogP contribution in [0.15, 0.2) is 47.4 Å². The molecule has 33 heavy (non-hydrogen) atoms. The highest BCUT2D eigenvalue weighted by Gasteiger charge is 2.30. The number of benzene rings is 2. The highest BCUT2D eigenvalue weighted by Crippen LogP contribution is 2.23. The molecule has 9 heteroatoms.